The number of hydrogen-bond donors (Lipinski definition) is 5. The van der Waals surface area contributed by atoms with Crippen LogP contribution in [0.1, 0.15) is 37.6 Å². The molecule has 0 amide bonds. The fourth-order valence-corrected chi connectivity index (χ4v) is 3.27. The molecule has 134 valence electrons. The summed E-state index contributed by atoms with van der Waals surface area (Å²) in [5.74, 6) is 0.713. The zero-order valence-electron chi connectivity index (χ0n) is 13.7. The van der Waals surface area contributed by atoms with Crippen molar-refractivity contribution in [2.75, 3.05) is 10.6 Å². The molecule has 0 saturated heterocycles. The first-order valence-electron chi connectivity index (χ1n) is 8.26. The third-order valence-corrected chi connectivity index (χ3v) is 4.95. The number of rotatable bonds is 5. The van der Waals surface area contributed by atoms with Gasteiger partial charge in [0.25, 0.3) is 0 Å². The molecule has 3 unspecified atom stereocenters. The normalized spacial score (nSPS) is 21.6. The number of aliphatic hydroxyl groups excluding tert-OH is 1. The molecule has 8 nitrogen and oxygen atoms in total. The van der Waals surface area contributed by atoms with Crippen molar-refractivity contribution in [1.82, 2.24) is 15.2 Å². The molecule has 1 aromatic heterocycles. The topological polar surface area (TPSA) is 135 Å². The number of nitrogens with two attached hydrogens (primary N) is 2. The Balaban J connectivity index is 1.85. The lowest BCUT2D eigenvalue weighted by molar-refractivity contribution is 0.180. The molecular formula is C16H22BrN7O. The van der Waals surface area contributed by atoms with E-state index < -0.39 is 6.23 Å². The van der Waals surface area contributed by atoms with Gasteiger partial charge in [-0.2, -0.15) is 4.98 Å². The van der Waals surface area contributed by atoms with Crippen LogP contribution in [0.4, 0.5) is 17.5 Å². The van der Waals surface area contributed by atoms with Crippen LogP contribution in [0.3, 0.4) is 0 Å². The molecule has 25 heavy (non-hydrogen) atoms. The maximum absolute atomic E-state index is 9.75. The van der Waals surface area contributed by atoms with Gasteiger partial charge < -0.3 is 27.2 Å². The maximum atomic E-state index is 9.75. The average Bonchev–Trinajstić information content (AvgIpc) is 2.59. The van der Waals surface area contributed by atoms with Gasteiger partial charge in [0.15, 0.2) is 12.0 Å². The molecule has 1 saturated carbocycles. The van der Waals surface area contributed by atoms with E-state index in [4.69, 9.17) is 11.5 Å². The van der Waals surface area contributed by atoms with E-state index in [1.54, 1.807) is 0 Å². The fraction of sp³-hybridized carbons (Fsp3) is 0.438. The van der Waals surface area contributed by atoms with Crippen LogP contribution in [-0.4, -0.2) is 32.4 Å². The summed E-state index contributed by atoms with van der Waals surface area (Å²) in [6.45, 7) is 0. The average molecular weight is 408 g/mol. The van der Waals surface area contributed by atoms with Crippen LogP contribution in [0, 0.1) is 0 Å². The van der Waals surface area contributed by atoms with Crippen molar-refractivity contribution >= 4 is 33.4 Å². The predicted octanol–water partition coefficient (Wildman–Crippen LogP) is 2.01. The molecule has 0 bridgehead atoms. The molecule has 9 heteroatoms. The number of nitrogens with one attached hydrogen (secondary N) is 2. The second-order valence-electron chi connectivity index (χ2n) is 6.12. The largest absolute Gasteiger partial charge is 0.373 e. The highest BCUT2D eigenvalue weighted by Crippen LogP contribution is 2.27. The molecule has 1 fully saturated rings. The lowest BCUT2D eigenvalue weighted by Gasteiger charge is -2.29. The SMILES string of the molecule is NC(O)c1nnc(NC2CCCCC2N)nc1Nc1ccccc1Br. The first-order valence-corrected chi connectivity index (χ1v) is 9.06. The Morgan fingerprint density at radius 2 is 1.96 bits per heavy atom. The molecule has 1 aliphatic rings. The molecule has 0 spiro atoms. The smallest absolute Gasteiger partial charge is 0.244 e. The van der Waals surface area contributed by atoms with E-state index in [2.05, 4.69) is 41.7 Å². The highest BCUT2D eigenvalue weighted by atomic mass is 79.9. The lowest BCUT2D eigenvalue weighted by atomic mass is 9.91. The monoisotopic (exact) mass is 407 g/mol. The summed E-state index contributed by atoms with van der Waals surface area (Å²) in [5, 5.41) is 24.2. The number of aliphatic hydroxyl groups is 1. The second-order valence-corrected chi connectivity index (χ2v) is 6.97. The lowest BCUT2D eigenvalue weighted by Crippen LogP contribution is -2.43. The van der Waals surface area contributed by atoms with Crippen LogP contribution in [0.15, 0.2) is 28.7 Å². The molecule has 1 aliphatic carbocycles. The minimum atomic E-state index is -1.28. The van der Waals surface area contributed by atoms with Gasteiger partial charge in [-0.15, -0.1) is 10.2 Å². The maximum Gasteiger partial charge on any atom is 0.244 e. The van der Waals surface area contributed by atoms with Crippen LogP contribution < -0.4 is 22.1 Å². The van der Waals surface area contributed by atoms with Crippen LogP contribution in [-0.2, 0) is 0 Å². The Morgan fingerprint density at radius 3 is 2.68 bits per heavy atom. The Hall–Kier alpha value is -1.81. The van der Waals surface area contributed by atoms with Gasteiger partial charge in [-0.3, -0.25) is 0 Å². The number of hydrogen-bond acceptors (Lipinski definition) is 8. The predicted molar refractivity (Wildman–Crippen MR) is 100 cm³/mol. The van der Waals surface area contributed by atoms with Crippen molar-refractivity contribution in [3.8, 4) is 0 Å². The van der Waals surface area contributed by atoms with Gasteiger partial charge >= 0.3 is 0 Å². The zero-order valence-corrected chi connectivity index (χ0v) is 15.3. The zero-order chi connectivity index (χ0) is 17.8. The Kier molecular flexibility index (Phi) is 5.79. The summed E-state index contributed by atoms with van der Waals surface area (Å²) >= 11 is 3.47. The Labute approximate surface area is 154 Å². The van der Waals surface area contributed by atoms with Gasteiger partial charge in [0, 0.05) is 16.6 Å². The summed E-state index contributed by atoms with van der Waals surface area (Å²) in [7, 11) is 0. The van der Waals surface area contributed by atoms with Gasteiger partial charge in [0.1, 0.15) is 5.69 Å². The molecule has 2 aromatic rings. The van der Waals surface area contributed by atoms with Crippen molar-refractivity contribution in [1.29, 1.82) is 0 Å². The van der Waals surface area contributed by atoms with Crippen LogP contribution in [0.5, 0.6) is 0 Å². The van der Waals surface area contributed by atoms with Gasteiger partial charge in [-0.1, -0.05) is 25.0 Å². The molecule has 1 aromatic carbocycles. The summed E-state index contributed by atoms with van der Waals surface area (Å²) in [6, 6.07) is 7.75. The quantitative estimate of drug-likeness (QED) is 0.474. The van der Waals surface area contributed by atoms with Crippen LogP contribution in [0.2, 0.25) is 0 Å². The summed E-state index contributed by atoms with van der Waals surface area (Å²) in [4.78, 5) is 4.45. The highest BCUT2D eigenvalue weighted by molar-refractivity contribution is 9.10. The molecule has 3 atom stereocenters. The van der Waals surface area contributed by atoms with Crippen LogP contribution in [0.25, 0.3) is 0 Å². The number of para-hydroxylation sites is 1. The number of benzene rings is 1. The summed E-state index contributed by atoms with van der Waals surface area (Å²) in [6.07, 6.45) is 2.94. The van der Waals surface area contributed by atoms with Gasteiger partial charge in [0.05, 0.1) is 5.69 Å². The van der Waals surface area contributed by atoms with E-state index in [1.807, 2.05) is 24.3 Å². The third-order valence-electron chi connectivity index (χ3n) is 4.25. The molecule has 1 heterocycles. The van der Waals surface area contributed by atoms with Crippen molar-refractivity contribution in [2.24, 2.45) is 11.5 Å². The van der Waals surface area contributed by atoms with E-state index in [-0.39, 0.29) is 17.8 Å². The first-order chi connectivity index (χ1) is 12.0. The van der Waals surface area contributed by atoms with Gasteiger partial charge in [0.2, 0.25) is 5.95 Å². The van der Waals surface area contributed by atoms with E-state index >= 15 is 0 Å². The molecule has 7 N–H and O–H groups in total. The van der Waals surface area contributed by atoms with E-state index in [9.17, 15) is 5.11 Å². The summed E-state index contributed by atoms with van der Waals surface area (Å²) in [5.41, 5.74) is 12.7. The van der Waals surface area contributed by atoms with E-state index in [0.29, 0.717) is 11.8 Å². The van der Waals surface area contributed by atoms with Crippen molar-refractivity contribution in [3.63, 3.8) is 0 Å². The molecular weight excluding hydrogens is 386 g/mol. The highest BCUT2D eigenvalue weighted by Gasteiger charge is 2.23. The van der Waals surface area contributed by atoms with E-state index in [1.165, 1.54) is 0 Å². The standard InChI is InChI=1S/C16H22BrN7O/c17-9-5-1-3-7-11(9)20-15-13(14(19)25)23-24-16(22-15)21-12-8-4-2-6-10(12)18/h1,3,5,7,10,12,14,25H,2,4,6,8,18-19H2,(H2,20,21,22,24). The number of anilines is 3. The van der Waals surface area contributed by atoms with Crippen LogP contribution >= 0.6 is 15.9 Å². The number of halogens is 1. The molecule has 0 aliphatic heterocycles. The van der Waals surface area contributed by atoms with Crippen molar-refractivity contribution < 1.29 is 5.11 Å². The summed E-state index contributed by atoms with van der Waals surface area (Å²) < 4.78 is 0.856. The fourth-order valence-electron chi connectivity index (χ4n) is 2.88. The van der Waals surface area contributed by atoms with E-state index in [0.717, 1.165) is 35.8 Å². The third kappa shape index (κ3) is 4.43. The van der Waals surface area contributed by atoms with Gasteiger partial charge in [-0.05, 0) is 40.9 Å². The minimum absolute atomic E-state index is 0.0665. The Bertz CT molecular complexity index is 727. The van der Waals surface area contributed by atoms with Gasteiger partial charge in [-0.25, -0.2) is 0 Å². The Morgan fingerprint density at radius 1 is 1.20 bits per heavy atom. The number of nitrogens with zero attached hydrogens (tertiary/aromatic N) is 3. The minimum Gasteiger partial charge on any atom is -0.373 e. The van der Waals surface area contributed by atoms with Crippen molar-refractivity contribution in [3.05, 3.63) is 34.4 Å². The molecule has 0 radical (unpaired) electrons. The first kappa shape index (κ1) is 18.0. The van der Waals surface area contributed by atoms with Crippen molar-refractivity contribution in [2.45, 2.75) is 44.0 Å². The second kappa shape index (κ2) is 8.05. The molecule has 3 rings (SSSR count). The number of aromatic nitrogens is 3.